The summed E-state index contributed by atoms with van der Waals surface area (Å²) in [5.74, 6) is 17.5. The minimum absolute atomic E-state index is 0.304. The first kappa shape index (κ1) is 16.9. The molecule has 0 spiro atoms. The van der Waals surface area contributed by atoms with Crippen LogP contribution in [-0.2, 0) is 0 Å². The lowest BCUT2D eigenvalue weighted by Gasteiger charge is -2.28. The lowest BCUT2D eigenvalue weighted by molar-refractivity contribution is 0.380. The van der Waals surface area contributed by atoms with Gasteiger partial charge in [-0.05, 0) is 6.42 Å². The average molecular weight is 315 g/mol. The Bertz CT molecular complexity index is 571. The number of fused-ring (bicyclic) bond motifs is 1. The van der Waals surface area contributed by atoms with Crippen LogP contribution >= 0.6 is 0 Å². The number of hydrogen-bond donors (Lipinski definition) is 4. The van der Waals surface area contributed by atoms with Crippen molar-refractivity contribution in [3.8, 4) is 0 Å². The summed E-state index contributed by atoms with van der Waals surface area (Å²) in [6.45, 7) is 0.981. The number of hydrazone groups is 1. The summed E-state index contributed by atoms with van der Waals surface area (Å²) in [5, 5.41) is 6.20. The molecule has 0 aromatic heterocycles. The summed E-state index contributed by atoms with van der Waals surface area (Å²) in [6.07, 6.45) is 19.0. The number of nitrogens with two attached hydrogens (primary N) is 4. The maximum Gasteiger partial charge on any atom is 0.125 e. The summed E-state index contributed by atoms with van der Waals surface area (Å²) >= 11 is 0. The largest absolute Gasteiger partial charge is 0.399 e. The second-order valence-corrected chi connectivity index (χ2v) is 5.63. The minimum Gasteiger partial charge on any atom is -0.399 e. The monoisotopic (exact) mass is 315 g/mol. The Labute approximate surface area is 136 Å². The summed E-state index contributed by atoms with van der Waals surface area (Å²) in [6, 6.07) is 0. The van der Waals surface area contributed by atoms with Gasteiger partial charge in [0.05, 0.1) is 6.54 Å². The predicted molar refractivity (Wildman–Crippen MR) is 93.8 cm³/mol. The molecule has 2 aliphatic carbocycles. The zero-order chi connectivity index (χ0) is 16.7. The smallest absolute Gasteiger partial charge is 0.125 e. The zero-order valence-corrected chi connectivity index (χ0v) is 13.1. The first-order valence-corrected chi connectivity index (χ1v) is 7.54. The Balaban J connectivity index is 1.85. The van der Waals surface area contributed by atoms with Crippen LogP contribution in [0, 0.1) is 11.8 Å². The van der Waals surface area contributed by atoms with Crippen LogP contribution in [0.25, 0.3) is 0 Å². The molecular weight excluding hydrogens is 290 g/mol. The molecule has 2 rings (SSSR count). The van der Waals surface area contributed by atoms with Gasteiger partial charge in [-0.15, -0.1) is 0 Å². The number of hydrogen-bond acceptors (Lipinski definition) is 6. The quantitative estimate of drug-likeness (QED) is 0.232. The second kappa shape index (κ2) is 8.21. The lowest BCUT2D eigenvalue weighted by atomic mass is 9.78. The SMILES string of the molecule is N/N=C\N(N)C/C(N)=C/N(N)CCC1=CC=CC2C=CC=CC12. The van der Waals surface area contributed by atoms with Crippen molar-refractivity contribution in [3.05, 3.63) is 60.0 Å². The van der Waals surface area contributed by atoms with Gasteiger partial charge in [0.1, 0.15) is 6.34 Å². The Hall–Kier alpha value is -2.51. The molecule has 0 heterocycles. The van der Waals surface area contributed by atoms with Crippen LogP contribution in [0.4, 0.5) is 0 Å². The van der Waals surface area contributed by atoms with E-state index in [4.69, 9.17) is 23.3 Å². The third-order valence-electron chi connectivity index (χ3n) is 3.82. The first-order valence-electron chi connectivity index (χ1n) is 7.54. The Kier molecular flexibility index (Phi) is 6.02. The van der Waals surface area contributed by atoms with Gasteiger partial charge in [-0.1, -0.05) is 48.1 Å². The number of hydrazine groups is 2. The highest BCUT2D eigenvalue weighted by molar-refractivity contribution is 5.53. The summed E-state index contributed by atoms with van der Waals surface area (Å²) in [5.41, 5.74) is 7.79. The third kappa shape index (κ3) is 5.01. The van der Waals surface area contributed by atoms with Crippen LogP contribution in [0.5, 0.6) is 0 Å². The van der Waals surface area contributed by atoms with Gasteiger partial charge in [0, 0.05) is 30.3 Å². The molecule has 7 nitrogen and oxygen atoms in total. The molecule has 23 heavy (non-hydrogen) atoms. The van der Waals surface area contributed by atoms with Crippen LogP contribution < -0.4 is 23.3 Å². The van der Waals surface area contributed by atoms with E-state index in [2.05, 4.69) is 47.6 Å². The molecule has 0 fully saturated rings. The van der Waals surface area contributed by atoms with Crippen LogP contribution in [0.3, 0.4) is 0 Å². The fourth-order valence-corrected chi connectivity index (χ4v) is 2.76. The minimum atomic E-state index is 0.304. The molecule has 0 bridgehead atoms. The molecule has 8 N–H and O–H groups in total. The van der Waals surface area contributed by atoms with E-state index in [9.17, 15) is 0 Å². The van der Waals surface area contributed by atoms with E-state index < -0.39 is 0 Å². The van der Waals surface area contributed by atoms with E-state index in [-0.39, 0.29) is 0 Å². The fraction of sp³-hybridized carbons (Fsp3) is 0.312. The van der Waals surface area contributed by atoms with Gasteiger partial charge in [-0.2, -0.15) is 5.10 Å². The zero-order valence-electron chi connectivity index (χ0n) is 13.1. The average Bonchev–Trinajstić information content (AvgIpc) is 2.52. The van der Waals surface area contributed by atoms with E-state index in [0.717, 1.165) is 6.42 Å². The molecule has 2 unspecified atom stereocenters. The molecular formula is C16H25N7. The Morgan fingerprint density at radius 3 is 2.65 bits per heavy atom. The topological polar surface area (TPSA) is 123 Å². The van der Waals surface area contributed by atoms with Crippen molar-refractivity contribution in [1.29, 1.82) is 0 Å². The van der Waals surface area contributed by atoms with Crippen LogP contribution in [0.2, 0.25) is 0 Å². The van der Waals surface area contributed by atoms with Crippen LogP contribution in [0.1, 0.15) is 6.42 Å². The highest BCUT2D eigenvalue weighted by atomic mass is 15.4. The first-order chi connectivity index (χ1) is 11.1. The number of allylic oxidation sites excluding steroid dienone is 7. The van der Waals surface area contributed by atoms with Crippen LogP contribution in [-0.4, -0.2) is 29.4 Å². The standard InChI is InChI=1S/C16H25N7/c17-15(11-23(20)12-21-18)10-22(19)9-8-14-6-3-5-13-4-1-2-7-16(13)14/h1-7,10,12-13,16H,8-9,11,17-20H2/b15-10-,21-12-. The normalized spacial score (nSPS) is 23.0. The number of nitrogens with zero attached hydrogens (tertiary/aromatic N) is 3. The molecule has 0 aliphatic heterocycles. The van der Waals surface area contributed by atoms with Gasteiger partial charge < -0.3 is 16.6 Å². The van der Waals surface area contributed by atoms with Crippen LogP contribution in [0.15, 0.2) is 65.1 Å². The van der Waals surface area contributed by atoms with Gasteiger partial charge in [0.15, 0.2) is 0 Å². The molecule has 2 aliphatic rings. The fourth-order valence-electron chi connectivity index (χ4n) is 2.76. The maximum atomic E-state index is 5.99. The van der Waals surface area contributed by atoms with E-state index >= 15 is 0 Å². The van der Waals surface area contributed by atoms with Gasteiger partial charge in [0.2, 0.25) is 0 Å². The highest BCUT2D eigenvalue weighted by Crippen LogP contribution is 2.32. The van der Waals surface area contributed by atoms with Crippen molar-refractivity contribution in [2.75, 3.05) is 13.1 Å². The molecule has 0 radical (unpaired) electrons. The molecule has 2 atom stereocenters. The highest BCUT2D eigenvalue weighted by Gasteiger charge is 2.22. The van der Waals surface area contributed by atoms with Gasteiger partial charge >= 0.3 is 0 Å². The van der Waals surface area contributed by atoms with Gasteiger partial charge in [-0.25, -0.2) is 11.7 Å². The second-order valence-electron chi connectivity index (χ2n) is 5.63. The van der Waals surface area contributed by atoms with E-state index in [1.54, 1.807) is 11.2 Å². The van der Waals surface area contributed by atoms with Gasteiger partial charge in [-0.3, -0.25) is 5.01 Å². The molecule has 0 saturated carbocycles. The molecule has 7 heteroatoms. The molecule has 0 saturated heterocycles. The lowest BCUT2D eigenvalue weighted by Crippen LogP contribution is -2.35. The summed E-state index contributed by atoms with van der Waals surface area (Å²) in [7, 11) is 0. The molecule has 0 aromatic carbocycles. The van der Waals surface area contributed by atoms with E-state index in [1.165, 1.54) is 16.9 Å². The van der Waals surface area contributed by atoms with Crippen molar-refractivity contribution in [2.24, 2.45) is 40.2 Å². The summed E-state index contributed by atoms with van der Waals surface area (Å²) < 4.78 is 0. The third-order valence-corrected chi connectivity index (χ3v) is 3.82. The molecule has 0 aromatic rings. The molecule has 124 valence electrons. The van der Waals surface area contributed by atoms with Gasteiger partial charge in [0.25, 0.3) is 0 Å². The predicted octanol–water partition coefficient (Wildman–Crippen LogP) is 0.285. The Morgan fingerprint density at radius 1 is 1.13 bits per heavy atom. The van der Waals surface area contributed by atoms with Crippen molar-refractivity contribution >= 4 is 6.34 Å². The van der Waals surface area contributed by atoms with Crippen molar-refractivity contribution in [3.63, 3.8) is 0 Å². The van der Waals surface area contributed by atoms with E-state index in [1.807, 2.05) is 0 Å². The Morgan fingerprint density at radius 2 is 1.87 bits per heavy atom. The van der Waals surface area contributed by atoms with Crippen molar-refractivity contribution in [2.45, 2.75) is 6.42 Å². The maximum absolute atomic E-state index is 5.99. The molecule has 0 amide bonds. The van der Waals surface area contributed by atoms with Crippen molar-refractivity contribution < 1.29 is 0 Å². The summed E-state index contributed by atoms with van der Waals surface area (Å²) in [4.78, 5) is 0. The van der Waals surface area contributed by atoms with E-state index in [0.29, 0.717) is 30.6 Å². The van der Waals surface area contributed by atoms with Crippen molar-refractivity contribution in [1.82, 2.24) is 10.0 Å². The number of rotatable bonds is 7.